The normalized spacial score (nSPS) is 12.9. The van der Waals surface area contributed by atoms with Crippen molar-refractivity contribution in [1.29, 1.82) is 0 Å². The summed E-state index contributed by atoms with van der Waals surface area (Å²) in [5, 5.41) is 12.7. The maximum Gasteiger partial charge on any atom is 0.328 e. The van der Waals surface area contributed by atoms with Crippen LogP contribution in [-0.2, 0) is 4.79 Å². The van der Waals surface area contributed by atoms with Crippen LogP contribution in [-0.4, -0.2) is 25.7 Å². The first kappa shape index (κ1) is 9.60. The maximum atomic E-state index is 10.6. The third-order valence-corrected chi connectivity index (χ3v) is 2.05. The van der Waals surface area contributed by atoms with Gasteiger partial charge in [-0.2, -0.15) is 0 Å². The van der Waals surface area contributed by atoms with Gasteiger partial charge in [-0.1, -0.05) is 0 Å². The van der Waals surface area contributed by atoms with E-state index in [1.165, 1.54) is 4.52 Å². The summed E-state index contributed by atoms with van der Waals surface area (Å²) in [7, 11) is 0. The predicted molar refractivity (Wildman–Crippen MR) is 52.3 cm³/mol. The first-order valence-electron chi connectivity index (χ1n) is 4.39. The average molecular weight is 206 g/mol. The van der Waals surface area contributed by atoms with Crippen LogP contribution in [0.4, 0.5) is 0 Å². The molecule has 0 bridgehead atoms. The molecule has 0 spiro atoms. The second-order valence-corrected chi connectivity index (χ2v) is 3.29. The molecule has 0 radical (unpaired) electrons. The largest absolute Gasteiger partial charge is 0.480 e. The fourth-order valence-corrected chi connectivity index (χ4v) is 1.24. The van der Waals surface area contributed by atoms with Gasteiger partial charge in [-0.05, 0) is 24.6 Å². The lowest BCUT2D eigenvalue weighted by atomic mass is 10.3. The Balaban J connectivity index is 2.51. The molecule has 15 heavy (non-hydrogen) atoms. The number of carboxylic acid groups (broad SMARTS) is 1. The number of aryl methyl sites for hydroxylation is 1. The Kier molecular flexibility index (Phi) is 2.12. The molecule has 0 aromatic carbocycles. The van der Waals surface area contributed by atoms with Crippen molar-refractivity contribution >= 4 is 11.6 Å². The lowest BCUT2D eigenvalue weighted by molar-refractivity contribution is -0.138. The number of aromatic nitrogens is 3. The molecular weight excluding hydrogens is 196 g/mol. The van der Waals surface area contributed by atoms with Gasteiger partial charge in [-0.25, -0.2) is 9.50 Å². The van der Waals surface area contributed by atoms with Gasteiger partial charge in [0.1, 0.15) is 0 Å². The van der Waals surface area contributed by atoms with Crippen molar-refractivity contribution in [2.24, 2.45) is 5.73 Å². The third-order valence-electron chi connectivity index (χ3n) is 2.05. The van der Waals surface area contributed by atoms with E-state index in [1.807, 2.05) is 19.1 Å². The van der Waals surface area contributed by atoms with E-state index in [-0.39, 0.29) is 5.82 Å². The zero-order chi connectivity index (χ0) is 11.0. The topological polar surface area (TPSA) is 93.5 Å². The zero-order valence-electron chi connectivity index (χ0n) is 8.08. The first-order valence-corrected chi connectivity index (χ1v) is 4.39. The molecule has 0 fully saturated rings. The standard InChI is InChI=1S/C9H10N4O2/c1-5-2-3-13-6(4-5)11-8(12-13)7(10)9(14)15/h2-4,7H,10H2,1H3,(H,14,15). The first-order chi connectivity index (χ1) is 7.08. The van der Waals surface area contributed by atoms with Gasteiger partial charge in [0.15, 0.2) is 17.5 Å². The molecule has 2 aromatic heterocycles. The number of rotatable bonds is 2. The van der Waals surface area contributed by atoms with Crippen molar-refractivity contribution in [2.75, 3.05) is 0 Å². The van der Waals surface area contributed by atoms with Gasteiger partial charge in [0.05, 0.1) is 0 Å². The Labute approximate surface area is 85.3 Å². The minimum Gasteiger partial charge on any atom is -0.480 e. The van der Waals surface area contributed by atoms with Crippen LogP contribution >= 0.6 is 0 Å². The van der Waals surface area contributed by atoms with Crippen molar-refractivity contribution in [3.05, 3.63) is 29.7 Å². The van der Waals surface area contributed by atoms with Crippen LogP contribution in [0.1, 0.15) is 17.4 Å². The quantitative estimate of drug-likeness (QED) is 0.728. The Morgan fingerprint density at radius 2 is 2.40 bits per heavy atom. The van der Waals surface area contributed by atoms with E-state index >= 15 is 0 Å². The SMILES string of the molecule is Cc1ccn2nc(C(N)C(=O)O)nc2c1. The highest BCUT2D eigenvalue weighted by atomic mass is 16.4. The second kappa shape index (κ2) is 3.32. The molecule has 0 aliphatic rings. The van der Waals surface area contributed by atoms with E-state index in [0.29, 0.717) is 5.65 Å². The fraction of sp³-hybridized carbons (Fsp3) is 0.222. The van der Waals surface area contributed by atoms with Crippen LogP contribution in [0.25, 0.3) is 5.65 Å². The number of hydrogen-bond donors (Lipinski definition) is 2. The van der Waals surface area contributed by atoms with E-state index in [9.17, 15) is 4.79 Å². The molecule has 6 heteroatoms. The molecule has 0 saturated heterocycles. The van der Waals surface area contributed by atoms with E-state index < -0.39 is 12.0 Å². The van der Waals surface area contributed by atoms with Gasteiger partial charge in [-0.3, -0.25) is 4.79 Å². The minimum absolute atomic E-state index is 0.119. The monoisotopic (exact) mass is 206 g/mol. The number of aliphatic carboxylic acids is 1. The van der Waals surface area contributed by atoms with Crippen molar-refractivity contribution in [3.8, 4) is 0 Å². The lowest BCUT2D eigenvalue weighted by Crippen LogP contribution is -2.22. The molecular formula is C9H10N4O2. The van der Waals surface area contributed by atoms with Gasteiger partial charge in [0.25, 0.3) is 0 Å². The number of pyridine rings is 1. The van der Waals surface area contributed by atoms with E-state index in [4.69, 9.17) is 10.8 Å². The summed E-state index contributed by atoms with van der Waals surface area (Å²) in [6.07, 6.45) is 1.72. The molecule has 0 aliphatic carbocycles. The Hall–Kier alpha value is -1.95. The van der Waals surface area contributed by atoms with Gasteiger partial charge < -0.3 is 10.8 Å². The van der Waals surface area contributed by atoms with Crippen LogP contribution in [0, 0.1) is 6.92 Å². The third kappa shape index (κ3) is 1.66. The summed E-state index contributed by atoms with van der Waals surface area (Å²) >= 11 is 0. The van der Waals surface area contributed by atoms with Gasteiger partial charge in [0, 0.05) is 6.20 Å². The number of nitrogens with two attached hydrogens (primary N) is 1. The van der Waals surface area contributed by atoms with E-state index in [2.05, 4.69) is 10.1 Å². The Morgan fingerprint density at radius 3 is 3.07 bits per heavy atom. The highest BCUT2D eigenvalue weighted by molar-refractivity contribution is 5.74. The maximum absolute atomic E-state index is 10.6. The number of nitrogens with zero attached hydrogens (tertiary/aromatic N) is 3. The number of hydrogen-bond acceptors (Lipinski definition) is 4. The van der Waals surface area contributed by atoms with Crippen molar-refractivity contribution in [3.63, 3.8) is 0 Å². The van der Waals surface area contributed by atoms with Crippen LogP contribution < -0.4 is 5.73 Å². The van der Waals surface area contributed by atoms with Crippen LogP contribution in [0.2, 0.25) is 0 Å². The molecule has 2 heterocycles. The molecule has 1 atom stereocenters. The molecule has 1 unspecified atom stereocenters. The highest BCUT2D eigenvalue weighted by Crippen LogP contribution is 2.09. The predicted octanol–water partition coefficient (Wildman–Crippen LogP) is 0.122. The Morgan fingerprint density at radius 1 is 1.67 bits per heavy atom. The van der Waals surface area contributed by atoms with Crippen molar-refractivity contribution in [1.82, 2.24) is 14.6 Å². The summed E-state index contributed by atoms with van der Waals surface area (Å²) in [6, 6.07) is 2.49. The Bertz CT molecular complexity index is 520. The van der Waals surface area contributed by atoms with Crippen LogP contribution in [0.15, 0.2) is 18.3 Å². The number of fused-ring (bicyclic) bond motifs is 1. The summed E-state index contributed by atoms with van der Waals surface area (Å²) in [5.74, 6) is -1.02. The molecule has 0 saturated carbocycles. The smallest absolute Gasteiger partial charge is 0.328 e. The van der Waals surface area contributed by atoms with Crippen LogP contribution in [0.3, 0.4) is 0 Å². The van der Waals surface area contributed by atoms with Gasteiger partial charge in [0.2, 0.25) is 0 Å². The second-order valence-electron chi connectivity index (χ2n) is 3.29. The molecule has 78 valence electrons. The summed E-state index contributed by atoms with van der Waals surface area (Å²) in [6.45, 7) is 1.92. The number of carboxylic acids is 1. The zero-order valence-corrected chi connectivity index (χ0v) is 8.08. The van der Waals surface area contributed by atoms with Crippen molar-refractivity contribution < 1.29 is 9.90 Å². The lowest BCUT2D eigenvalue weighted by Gasteiger charge is -1.97. The molecule has 2 rings (SSSR count). The molecule has 0 amide bonds. The highest BCUT2D eigenvalue weighted by Gasteiger charge is 2.19. The summed E-state index contributed by atoms with van der Waals surface area (Å²) < 4.78 is 1.51. The van der Waals surface area contributed by atoms with Crippen molar-refractivity contribution in [2.45, 2.75) is 13.0 Å². The fourth-order valence-electron chi connectivity index (χ4n) is 1.24. The average Bonchev–Trinajstić information content (AvgIpc) is 2.58. The molecule has 6 nitrogen and oxygen atoms in total. The number of carbonyl (C=O) groups is 1. The molecule has 0 aliphatic heterocycles. The summed E-state index contributed by atoms with van der Waals surface area (Å²) in [4.78, 5) is 14.7. The minimum atomic E-state index is -1.18. The van der Waals surface area contributed by atoms with E-state index in [1.54, 1.807) is 6.20 Å². The van der Waals surface area contributed by atoms with Gasteiger partial charge >= 0.3 is 5.97 Å². The molecule has 2 aromatic rings. The van der Waals surface area contributed by atoms with E-state index in [0.717, 1.165) is 5.56 Å². The molecule has 3 N–H and O–H groups in total. The van der Waals surface area contributed by atoms with Crippen LogP contribution in [0.5, 0.6) is 0 Å². The summed E-state index contributed by atoms with van der Waals surface area (Å²) in [5.41, 5.74) is 7.03. The van der Waals surface area contributed by atoms with Gasteiger partial charge in [-0.15, -0.1) is 5.10 Å².